The predicted octanol–water partition coefficient (Wildman–Crippen LogP) is 5.15. The van der Waals surface area contributed by atoms with E-state index in [1.54, 1.807) is 12.1 Å². The molecule has 0 unspecified atom stereocenters. The van der Waals surface area contributed by atoms with Crippen LogP contribution in [0.3, 0.4) is 0 Å². The number of hydrogen-bond acceptors (Lipinski definition) is 9. The lowest BCUT2D eigenvalue weighted by atomic mass is 10.2. The molecular weight excluding hydrogens is 552 g/mol. The molecule has 9 nitrogen and oxygen atoms in total. The van der Waals surface area contributed by atoms with Gasteiger partial charge in [-0.2, -0.15) is 5.26 Å². The molecule has 35 heavy (non-hydrogen) atoms. The molecule has 0 radical (unpaired) electrons. The summed E-state index contributed by atoms with van der Waals surface area (Å²) in [6.07, 6.45) is 1.54. The molecule has 4 rings (SSSR count). The molecule has 2 N–H and O–H groups in total. The lowest BCUT2D eigenvalue weighted by Crippen LogP contribution is -2.14. The maximum absolute atomic E-state index is 12.6. The lowest BCUT2D eigenvalue weighted by Gasteiger charge is -2.08. The number of anilines is 2. The van der Waals surface area contributed by atoms with Crippen LogP contribution >= 0.6 is 27.3 Å². The van der Waals surface area contributed by atoms with Crippen LogP contribution in [0.2, 0.25) is 0 Å². The van der Waals surface area contributed by atoms with Crippen molar-refractivity contribution in [1.29, 1.82) is 5.26 Å². The van der Waals surface area contributed by atoms with Crippen molar-refractivity contribution in [3.05, 3.63) is 81.7 Å². The van der Waals surface area contributed by atoms with Crippen LogP contribution in [0.15, 0.2) is 81.6 Å². The average molecular weight is 569 g/mol. The van der Waals surface area contributed by atoms with Gasteiger partial charge in [-0.1, -0.05) is 28.1 Å². The van der Waals surface area contributed by atoms with E-state index in [4.69, 9.17) is 4.74 Å². The molecule has 0 atom stereocenters. The first-order valence-corrected chi connectivity index (χ1v) is 13.1. The van der Waals surface area contributed by atoms with Gasteiger partial charge >= 0.3 is 0 Å². The quantitative estimate of drug-likeness (QED) is 0.279. The van der Waals surface area contributed by atoms with Crippen molar-refractivity contribution in [3.63, 3.8) is 0 Å². The van der Waals surface area contributed by atoms with Crippen molar-refractivity contribution in [3.8, 4) is 23.2 Å². The fraction of sp³-hybridized carbons (Fsp3) is 0.0435. The minimum Gasteiger partial charge on any atom is -0.480 e. The summed E-state index contributed by atoms with van der Waals surface area (Å²) in [4.78, 5) is 4.61. The monoisotopic (exact) mass is 568 g/mol. The number of nitriles is 1. The summed E-state index contributed by atoms with van der Waals surface area (Å²) >= 11 is 4.81. The average Bonchev–Trinajstić information content (AvgIpc) is 3.35. The van der Waals surface area contributed by atoms with E-state index in [1.165, 1.54) is 48.9 Å². The van der Waals surface area contributed by atoms with E-state index in [0.29, 0.717) is 16.3 Å². The fourth-order valence-corrected chi connectivity index (χ4v) is 5.08. The summed E-state index contributed by atoms with van der Waals surface area (Å²) in [6, 6.07) is 18.9. The summed E-state index contributed by atoms with van der Waals surface area (Å²) < 4.78 is 33.4. The topological polar surface area (TPSA) is 130 Å². The number of ether oxygens (including phenoxy) is 1. The lowest BCUT2D eigenvalue weighted by molar-refractivity contribution is 0.392. The van der Waals surface area contributed by atoms with Crippen LogP contribution < -0.4 is 14.8 Å². The molecular formula is C23H17BrN6O3S2. The van der Waals surface area contributed by atoms with Crippen molar-refractivity contribution < 1.29 is 13.2 Å². The van der Waals surface area contributed by atoms with E-state index < -0.39 is 10.0 Å². The van der Waals surface area contributed by atoms with E-state index in [9.17, 15) is 13.7 Å². The summed E-state index contributed by atoms with van der Waals surface area (Å²) in [5, 5.41) is 22.6. The standard InChI is InChI=1S/C23H17BrN6O3S2/c1-33-22-10-9-21(28-29-22)30-35(31,32)19-7-5-18(6-8-19)26-13-16(12-25)23-27-20(14-34-23)15-3-2-4-17(24)11-15/h2-11,13-14,26H,1H3,(H,28,30)/b16-13-. The molecule has 4 aromatic rings. The number of thiazole rings is 1. The van der Waals surface area contributed by atoms with Crippen molar-refractivity contribution in [2.24, 2.45) is 0 Å². The van der Waals surface area contributed by atoms with E-state index in [-0.39, 0.29) is 16.6 Å². The highest BCUT2D eigenvalue weighted by Gasteiger charge is 2.15. The number of nitrogens with one attached hydrogen (secondary N) is 2. The number of allylic oxidation sites excluding steroid dienone is 1. The van der Waals surface area contributed by atoms with E-state index in [2.05, 4.69) is 47.2 Å². The van der Waals surface area contributed by atoms with Gasteiger partial charge in [0.1, 0.15) is 16.6 Å². The molecule has 2 aromatic heterocycles. The van der Waals surface area contributed by atoms with Gasteiger partial charge in [-0.25, -0.2) is 13.4 Å². The first kappa shape index (κ1) is 24.3. The Morgan fingerprint density at radius 1 is 1.14 bits per heavy atom. The van der Waals surface area contributed by atoms with Gasteiger partial charge in [-0.15, -0.1) is 21.5 Å². The van der Waals surface area contributed by atoms with Gasteiger partial charge in [0.15, 0.2) is 5.82 Å². The minimum absolute atomic E-state index is 0.0451. The SMILES string of the molecule is COc1ccc(NS(=O)(=O)c2ccc(N/C=C(/C#N)c3nc(-c4cccc(Br)c4)cs3)cc2)nn1. The van der Waals surface area contributed by atoms with Crippen molar-refractivity contribution in [2.75, 3.05) is 17.1 Å². The molecule has 0 spiro atoms. The highest BCUT2D eigenvalue weighted by molar-refractivity contribution is 9.10. The predicted molar refractivity (Wildman–Crippen MR) is 138 cm³/mol. The van der Waals surface area contributed by atoms with Crippen molar-refractivity contribution in [2.45, 2.75) is 4.90 Å². The third-order valence-electron chi connectivity index (χ3n) is 4.61. The zero-order valence-corrected chi connectivity index (χ0v) is 21.4. The molecule has 0 amide bonds. The summed E-state index contributed by atoms with van der Waals surface area (Å²) in [5.41, 5.74) is 2.67. The van der Waals surface area contributed by atoms with E-state index in [0.717, 1.165) is 15.7 Å². The van der Waals surface area contributed by atoms with Crippen molar-refractivity contribution in [1.82, 2.24) is 15.2 Å². The van der Waals surface area contributed by atoms with Gasteiger partial charge in [0, 0.05) is 33.4 Å². The molecule has 0 aliphatic rings. The Bertz CT molecular complexity index is 1510. The second-order valence-electron chi connectivity index (χ2n) is 6.95. The number of methoxy groups -OCH3 is 1. The first-order valence-electron chi connectivity index (χ1n) is 9.97. The number of hydrogen-bond donors (Lipinski definition) is 2. The van der Waals surface area contributed by atoms with Crippen LogP contribution in [0.5, 0.6) is 5.88 Å². The van der Waals surface area contributed by atoms with E-state index in [1.807, 2.05) is 29.6 Å². The largest absolute Gasteiger partial charge is 0.480 e. The molecule has 0 aliphatic carbocycles. The second-order valence-corrected chi connectivity index (χ2v) is 10.4. The third kappa shape index (κ3) is 6.02. The summed E-state index contributed by atoms with van der Waals surface area (Å²) in [7, 11) is -2.42. The summed E-state index contributed by atoms with van der Waals surface area (Å²) in [5.74, 6) is 0.343. The number of benzene rings is 2. The Labute approximate surface area is 214 Å². The van der Waals surface area contributed by atoms with Gasteiger partial charge < -0.3 is 10.1 Å². The zero-order chi connectivity index (χ0) is 24.8. The number of aromatic nitrogens is 3. The Morgan fingerprint density at radius 2 is 1.94 bits per heavy atom. The van der Waals surface area contributed by atoms with Crippen LogP contribution in [0.4, 0.5) is 11.5 Å². The number of nitrogens with zero attached hydrogens (tertiary/aromatic N) is 4. The number of sulfonamides is 1. The van der Waals surface area contributed by atoms with Gasteiger partial charge in [0.25, 0.3) is 10.0 Å². The molecule has 0 aliphatic heterocycles. The summed E-state index contributed by atoms with van der Waals surface area (Å²) in [6.45, 7) is 0. The maximum Gasteiger partial charge on any atom is 0.263 e. The second kappa shape index (κ2) is 10.6. The number of rotatable bonds is 8. The smallest absolute Gasteiger partial charge is 0.263 e. The van der Waals surface area contributed by atoms with Gasteiger partial charge in [0.2, 0.25) is 5.88 Å². The van der Waals surface area contributed by atoms with Crippen LogP contribution in [0.1, 0.15) is 5.01 Å². The molecule has 2 heterocycles. The third-order valence-corrected chi connectivity index (χ3v) is 7.35. The zero-order valence-electron chi connectivity index (χ0n) is 18.1. The molecule has 0 bridgehead atoms. The van der Waals surface area contributed by atoms with Crippen LogP contribution in [-0.4, -0.2) is 30.7 Å². The first-order chi connectivity index (χ1) is 16.9. The Hall–Kier alpha value is -3.79. The molecule has 176 valence electrons. The van der Waals surface area contributed by atoms with Crippen molar-refractivity contribution >= 4 is 54.4 Å². The fourth-order valence-electron chi connectivity index (χ4n) is 2.89. The highest BCUT2D eigenvalue weighted by Crippen LogP contribution is 2.28. The molecule has 0 saturated heterocycles. The Kier molecular flexibility index (Phi) is 7.40. The van der Waals surface area contributed by atoms with Gasteiger partial charge in [0.05, 0.1) is 17.7 Å². The van der Waals surface area contributed by atoms with Gasteiger partial charge in [-0.3, -0.25) is 4.72 Å². The number of halogens is 1. The van der Waals surface area contributed by atoms with Gasteiger partial charge in [-0.05, 0) is 42.5 Å². The Balaban J connectivity index is 1.45. The maximum atomic E-state index is 12.6. The Morgan fingerprint density at radius 3 is 2.60 bits per heavy atom. The minimum atomic E-state index is -3.86. The van der Waals surface area contributed by atoms with Crippen LogP contribution in [-0.2, 0) is 10.0 Å². The molecule has 12 heteroatoms. The molecule has 2 aromatic carbocycles. The van der Waals surface area contributed by atoms with Crippen LogP contribution in [0.25, 0.3) is 16.8 Å². The highest BCUT2D eigenvalue weighted by atomic mass is 79.9. The van der Waals surface area contributed by atoms with Crippen LogP contribution in [0, 0.1) is 11.3 Å². The van der Waals surface area contributed by atoms with E-state index >= 15 is 0 Å². The molecule has 0 fully saturated rings. The molecule has 0 saturated carbocycles. The normalized spacial score (nSPS) is 11.5.